The number of methoxy groups -OCH3 is 1. The van der Waals surface area contributed by atoms with Crippen molar-refractivity contribution in [3.8, 4) is 11.5 Å². The molecule has 0 unspecified atom stereocenters. The fourth-order valence-corrected chi connectivity index (χ4v) is 3.98. The second-order valence-electron chi connectivity index (χ2n) is 6.96. The summed E-state index contributed by atoms with van der Waals surface area (Å²) in [6, 6.07) is 11.6. The van der Waals surface area contributed by atoms with Crippen LogP contribution in [-0.2, 0) is 17.9 Å². The number of benzene rings is 2. The number of hydrogen-bond acceptors (Lipinski definition) is 5. The molecule has 1 N–H and O–H groups in total. The molecule has 2 aromatic rings. The summed E-state index contributed by atoms with van der Waals surface area (Å²) in [7, 11) is 1.66. The lowest BCUT2D eigenvalue weighted by Crippen LogP contribution is -2.37. The van der Waals surface area contributed by atoms with E-state index in [1.165, 1.54) is 0 Å². The Bertz CT molecular complexity index is 785. The Kier molecular flexibility index (Phi) is 9.08. The average Bonchev–Trinajstić information content (AvgIpc) is 2.74. The maximum absolute atomic E-state index is 6.16. The molecular formula is C22H28BrClN2O3. The lowest BCUT2D eigenvalue weighted by atomic mass is 10.1. The Morgan fingerprint density at radius 2 is 2.03 bits per heavy atom. The van der Waals surface area contributed by atoms with Crippen molar-refractivity contribution < 1.29 is 14.2 Å². The quantitative estimate of drug-likeness (QED) is 0.504. The van der Waals surface area contributed by atoms with Crippen molar-refractivity contribution >= 4 is 27.5 Å². The van der Waals surface area contributed by atoms with E-state index < -0.39 is 0 Å². The van der Waals surface area contributed by atoms with E-state index in [2.05, 4.69) is 26.1 Å². The highest BCUT2D eigenvalue weighted by atomic mass is 79.9. The molecule has 3 rings (SSSR count). The molecule has 7 heteroatoms. The van der Waals surface area contributed by atoms with Gasteiger partial charge in [-0.2, -0.15) is 0 Å². The van der Waals surface area contributed by atoms with Gasteiger partial charge >= 0.3 is 0 Å². The van der Waals surface area contributed by atoms with Crippen LogP contribution in [0.25, 0.3) is 0 Å². The summed E-state index contributed by atoms with van der Waals surface area (Å²) in [6.07, 6.45) is 1.10. The fourth-order valence-electron chi connectivity index (χ4n) is 3.31. The zero-order valence-electron chi connectivity index (χ0n) is 16.8. The molecule has 1 heterocycles. The average molecular weight is 484 g/mol. The van der Waals surface area contributed by atoms with Gasteiger partial charge in [0.25, 0.3) is 0 Å². The molecule has 29 heavy (non-hydrogen) atoms. The van der Waals surface area contributed by atoms with Gasteiger partial charge in [-0.25, -0.2) is 0 Å². The Hall–Kier alpha value is -1.31. The number of morpholine rings is 1. The molecular weight excluding hydrogens is 456 g/mol. The van der Waals surface area contributed by atoms with Crippen LogP contribution in [0.4, 0.5) is 0 Å². The highest BCUT2D eigenvalue weighted by molar-refractivity contribution is 9.10. The largest absolute Gasteiger partial charge is 0.493 e. The van der Waals surface area contributed by atoms with Crippen LogP contribution in [0.2, 0.25) is 5.02 Å². The highest BCUT2D eigenvalue weighted by Crippen LogP contribution is 2.36. The first-order chi connectivity index (χ1) is 14.2. The highest BCUT2D eigenvalue weighted by Gasteiger charge is 2.15. The van der Waals surface area contributed by atoms with E-state index in [0.717, 1.165) is 72.9 Å². The molecule has 2 aromatic carbocycles. The normalized spacial score (nSPS) is 14.7. The van der Waals surface area contributed by atoms with Crippen molar-refractivity contribution in [3.05, 3.63) is 57.0 Å². The van der Waals surface area contributed by atoms with Gasteiger partial charge in [-0.1, -0.05) is 39.7 Å². The van der Waals surface area contributed by atoms with E-state index in [1.807, 2.05) is 36.4 Å². The Balaban J connectivity index is 1.57. The van der Waals surface area contributed by atoms with Gasteiger partial charge in [0.1, 0.15) is 6.61 Å². The predicted molar refractivity (Wildman–Crippen MR) is 120 cm³/mol. The summed E-state index contributed by atoms with van der Waals surface area (Å²) >= 11 is 9.75. The standard InChI is InChI=1S/C22H28BrClN2O3/c1-27-21-7-6-20(23)19(15-25-8-3-9-26-10-12-28-13-11-26)22(21)29-16-17-4-2-5-18(24)14-17/h2,4-7,14,25H,3,8-13,15-16H2,1H3. The number of nitrogens with one attached hydrogen (secondary N) is 1. The van der Waals surface area contributed by atoms with E-state index in [9.17, 15) is 0 Å². The lowest BCUT2D eigenvalue weighted by molar-refractivity contribution is 0.0374. The first-order valence-corrected chi connectivity index (χ1v) is 11.1. The van der Waals surface area contributed by atoms with Crippen molar-refractivity contribution in [2.75, 3.05) is 46.5 Å². The van der Waals surface area contributed by atoms with Crippen molar-refractivity contribution in [2.24, 2.45) is 0 Å². The van der Waals surface area contributed by atoms with Crippen LogP contribution in [0, 0.1) is 0 Å². The second kappa shape index (κ2) is 11.8. The van der Waals surface area contributed by atoms with Crippen molar-refractivity contribution in [1.29, 1.82) is 0 Å². The number of nitrogens with zero attached hydrogens (tertiary/aromatic N) is 1. The molecule has 158 valence electrons. The SMILES string of the molecule is COc1ccc(Br)c(CNCCCN2CCOCC2)c1OCc1cccc(Cl)c1. The molecule has 1 aliphatic heterocycles. The first-order valence-electron chi connectivity index (χ1n) is 9.91. The van der Waals surface area contributed by atoms with Crippen LogP contribution in [0.1, 0.15) is 17.5 Å². The first kappa shape index (κ1) is 22.4. The molecule has 1 saturated heterocycles. The summed E-state index contributed by atoms with van der Waals surface area (Å²) in [4.78, 5) is 2.45. The number of rotatable bonds is 10. The zero-order chi connectivity index (χ0) is 20.5. The van der Waals surface area contributed by atoms with E-state index in [-0.39, 0.29) is 0 Å². The minimum atomic E-state index is 0.428. The van der Waals surface area contributed by atoms with Gasteiger partial charge < -0.3 is 19.5 Å². The Morgan fingerprint density at radius 3 is 2.79 bits per heavy atom. The van der Waals surface area contributed by atoms with Gasteiger partial charge in [-0.3, -0.25) is 4.90 Å². The third kappa shape index (κ3) is 6.86. The van der Waals surface area contributed by atoms with E-state index in [0.29, 0.717) is 18.2 Å². The van der Waals surface area contributed by atoms with Gasteiger partial charge in [0.05, 0.1) is 20.3 Å². The molecule has 1 fully saturated rings. The summed E-state index contributed by atoms with van der Waals surface area (Å²) in [6.45, 7) is 6.91. The fraction of sp³-hybridized carbons (Fsp3) is 0.455. The van der Waals surface area contributed by atoms with Gasteiger partial charge in [0.2, 0.25) is 0 Å². The maximum atomic E-state index is 6.16. The minimum absolute atomic E-state index is 0.428. The monoisotopic (exact) mass is 482 g/mol. The molecule has 0 atom stereocenters. The Labute approximate surface area is 186 Å². The van der Waals surface area contributed by atoms with Crippen LogP contribution < -0.4 is 14.8 Å². The minimum Gasteiger partial charge on any atom is -0.493 e. The topological polar surface area (TPSA) is 43.0 Å². The van der Waals surface area contributed by atoms with Crippen LogP contribution in [0.3, 0.4) is 0 Å². The smallest absolute Gasteiger partial charge is 0.167 e. The van der Waals surface area contributed by atoms with Crippen LogP contribution in [0.15, 0.2) is 40.9 Å². The van der Waals surface area contributed by atoms with Gasteiger partial charge in [0, 0.05) is 34.7 Å². The van der Waals surface area contributed by atoms with Crippen LogP contribution in [0.5, 0.6) is 11.5 Å². The summed E-state index contributed by atoms with van der Waals surface area (Å²) < 4.78 is 18.1. The van der Waals surface area contributed by atoms with Gasteiger partial charge in [0.15, 0.2) is 11.5 Å². The van der Waals surface area contributed by atoms with Crippen LogP contribution in [-0.4, -0.2) is 51.4 Å². The van der Waals surface area contributed by atoms with Crippen molar-refractivity contribution in [2.45, 2.75) is 19.6 Å². The molecule has 5 nitrogen and oxygen atoms in total. The second-order valence-corrected chi connectivity index (χ2v) is 8.25. The molecule has 0 amide bonds. The predicted octanol–water partition coefficient (Wildman–Crippen LogP) is 4.50. The third-order valence-electron chi connectivity index (χ3n) is 4.89. The van der Waals surface area contributed by atoms with Crippen molar-refractivity contribution in [1.82, 2.24) is 10.2 Å². The zero-order valence-corrected chi connectivity index (χ0v) is 19.1. The Morgan fingerprint density at radius 1 is 1.21 bits per heavy atom. The van der Waals surface area contributed by atoms with Gasteiger partial charge in [-0.15, -0.1) is 0 Å². The number of hydrogen-bond donors (Lipinski definition) is 1. The number of halogens is 2. The van der Waals surface area contributed by atoms with Crippen LogP contribution >= 0.6 is 27.5 Å². The van der Waals surface area contributed by atoms with E-state index in [4.69, 9.17) is 25.8 Å². The molecule has 0 saturated carbocycles. The molecule has 0 aliphatic carbocycles. The summed E-state index contributed by atoms with van der Waals surface area (Å²) in [5.74, 6) is 1.47. The summed E-state index contributed by atoms with van der Waals surface area (Å²) in [5.41, 5.74) is 2.07. The summed E-state index contributed by atoms with van der Waals surface area (Å²) in [5, 5.41) is 4.24. The third-order valence-corrected chi connectivity index (χ3v) is 5.87. The van der Waals surface area contributed by atoms with E-state index >= 15 is 0 Å². The van der Waals surface area contributed by atoms with Crippen molar-refractivity contribution in [3.63, 3.8) is 0 Å². The lowest BCUT2D eigenvalue weighted by Gasteiger charge is -2.26. The molecule has 0 bridgehead atoms. The molecule has 0 spiro atoms. The molecule has 1 aliphatic rings. The van der Waals surface area contributed by atoms with E-state index in [1.54, 1.807) is 7.11 Å². The number of ether oxygens (including phenoxy) is 3. The van der Waals surface area contributed by atoms with Gasteiger partial charge in [-0.05, 0) is 49.3 Å². The maximum Gasteiger partial charge on any atom is 0.167 e. The molecule has 0 radical (unpaired) electrons. The molecule has 0 aromatic heterocycles.